The predicted molar refractivity (Wildman–Crippen MR) is 81.5 cm³/mol. The number of carboxylic acids is 1. The molecular formula is C14H17N3O3S. The molecule has 21 heavy (non-hydrogen) atoms. The molecule has 0 radical (unpaired) electrons. The van der Waals surface area contributed by atoms with Crippen molar-refractivity contribution in [2.24, 2.45) is 0 Å². The second kappa shape index (κ2) is 6.62. The van der Waals surface area contributed by atoms with Crippen LogP contribution in [-0.4, -0.2) is 39.3 Å². The van der Waals surface area contributed by atoms with Gasteiger partial charge in [0.2, 0.25) is 5.91 Å². The van der Waals surface area contributed by atoms with Gasteiger partial charge in [-0.2, -0.15) is 0 Å². The Balaban J connectivity index is 2.37. The number of rotatable bonds is 6. The van der Waals surface area contributed by atoms with Crippen molar-refractivity contribution in [2.75, 3.05) is 12.8 Å². The number of imidazole rings is 1. The number of para-hydroxylation sites is 1. The van der Waals surface area contributed by atoms with Gasteiger partial charge < -0.3 is 15.0 Å². The van der Waals surface area contributed by atoms with Crippen LogP contribution in [0, 0.1) is 6.92 Å². The maximum atomic E-state index is 11.4. The Morgan fingerprint density at radius 1 is 1.43 bits per heavy atom. The molecule has 0 saturated carbocycles. The SMILES string of the molecule is CNC(=O)CCn1c(SCC(=O)O)nc2c(C)cccc21. The highest BCUT2D eigenvalue weighted by Crippen LogP contribution is 2.26. The number of hydrogen-bond donors (Lipinski definition) is 2. The van der Waals surface area contributed by atoms with Crippen LogP contribution in [0.3, 0.4) is 0 Å². The van der Waals surface area contributed by atoms with Gasteiger partial charge in [-0.1, -0.05) is 23.9 Å². The zero-order chi connectivity index (χ0) is 15.4. The number of aromatic nitrogens is 2. The van der Waals surface area contributed by atoms with Crippen LogP contribution < -0.4 is 5.32 Å². The molecule has 0 atom stereocenters. The lowest BCUT2D eigenvalue weighted by Crippen LogP contribution is -2.19. The quantitative estimate of drug-likeness (QED) is 0.793. The smallest absolute Gasteiger partial charge is 0.313 e. The Bertz CT molecular complexity index is 681. The van der Waals surface area contributed by atoms with Crippen LogP contribution in [0.2, 0.25) is 0 Å². The summed E-state index contributed by atoms with van der Waals surface area (Å²) in [6, 6.07) is 5.83. The number of aryl methyl sites for hydroxylation is 2. The van der Waals surface area contributed by atoms with E-state index in [1.54, 1.807) is 7.05 Å². The number of benzene rings is 1. The van der Waals surface area contributed by atoms with Gasteiger partial charge in [-0.3, -0.25) is 9.59 Å². The second-order valence-corrected chi connectivity index (χ2v) is 5.54. The molecule has 2 N–H and O–H groups in total. The van der Waals surface area contributed by atoms with Crippen molar-refractivity contribution in [3.05, 3.63) is 23.8 Å². The van der Waals surface area contributed by atoms with Crippen molar-refractivity contribution in [2.45, 2.75) is 25.0 Å². The zero-order valence-corrected chi connectivity index (χ0v) is 12.7. The summed E-state index contributed by atoms with van der Waals surface area (Å²) in [7, 11) is 1.60. The second-order valence-electron chi connectivity index (χ2n) is 4.59. The van der Waals surface area contributed by atoms with Crippen LogP contribution in [0.1, 0.15) is 12.0 Å². The average Bonchev–Trinajstić information content (AvgIpc) is 2.82. The van der Waals surface area contributed by atoms with E-state index in [1.165, 1.54) is 11.8 Å². The first-order chi connectivity index (χ1) is 10.0. The number of aliphatic carboxylic acids is 1. The van der Waals surface area contributed by atoms with Gasteiger partial charge in [0.05, 0.1) is 16.8 Å². The Morgan fingerprint density at radius 3 is 2.86 bits per heavy atom. The lowest BCUT2D eigenvalue weighted by molar-refractivity contribution is -0.134. The van der Waals surface area contributed by atoms with Crippen molar-refractivity contribution < 1.29 is 14.7 Å². The van der Waals surface area contributed by atoms with Crippen LogP contribution in [0.4, 0.5) is 0 Å². The summed E-state index contributed by atoms with van der Waals surface area (Å²) in [5, 5.41) is 12.0. The van der Waals surface area contributed by atoms with Crippen LogP contribution >= 0.6 is 11.8 Å². The molecule has 112 valence electrons. The van der Waals surface area contributed by atoms with E-state index in [2.05, 4.69) is 10.3 Å². The Hall–Kier alpha value is -2.02. The maximum Gasteiger partial charge on any atom is 0.313 e. The average molecular weight is 307 g/mol. The molecule has 0 unspecified atom stereocenters. The number of nitrogens with one attached hydrogen (secondary N) is 1. The van der Waals surface area contributed by atoms with Gasteiger partial charge in [-0.25, -0.2) is 4.98 Å². The third kappa shape index (κ3) is 3.55. The molecule has 7 heteroatoms. The summed E-state index contributed by atoms with van der Waals surface area (Å²) >= 11 is 1.17. The Kier molecular flexibility index (Phi) is 4.85. The lowest BCUT2D eigenvalue weighted by Gasteiger charge is -2.07. The van der Waals surface area contributed by atoms with E-state index in [1.807, 2.05) is 29.7 Å². The minimum Gasteiger partial charge on any atom is -0.481 e. The third-order valence-corrected chi connectivity index (χ3v) is 4.07. The first kappa shape index (κ1) is 15.4. The van der Waals surface area contributed by atoms with Crippen LogP contribution in [0.25, 0.3) is 11.0 Å². The zero-order valence-electron chi connectivity index (χ0n) is 11.9. The van der Waals surface area contributed by atoms with Gasteiger partial charge >= 0.3 is 5.97 Å². The molecule has 2 rings (SSSR count). The summed E-state index contributed by atoms with van der Waals surface area (Å²) in [6.45, 7) is 2.44. The number of nitrogens with zero attached hydrogens (tertiary/aromatic N) is 2. The van der Waals surface area contributed by atoms with Crippen LogP contribution in [0.15, 0.2) is 23.4 Å². The molecule has 1 amide bonds. The van der Waals surface area contributed by atoms with E-state index in [0.717, 1.165) is 16.6 Å². The van der Waals surface area contributed by atoms with Gasteiger partial charge in [0.25, 0.3) is 0 Å². The molecule has 1 heterocycles. The highest BCUT2D eigenvalue weighted by Gasteiger charge is 2.14. The van der Waals surface area contributed by atoms with Crippen LogP contribution in [0.5, 0.6) is 0 Å². The molecule has 1 aromatic carbocycles. The minimum absolute atomic E-state index is 0.0532. The van der Waals surface area contributed by atoms with Gasteiger partial charge in [0.1, 0.15) is 0 Å². The number of carboxylic acid groups (broad SMARTS) is 1. The Morgan fingerprint density at radius 2 is 2.19 bits per heavy atom. The van der Waals surface area contributed by atoms with Crippen molar-refractivity contribution in [1.29, 1.82) is 0 Å². The summed E-state index contributed by atoms with van der Waals surface area (Å²) in [6.07, 6.45) is 0.330. The van der Waals surface area contributed by atoms with E-state index in [4.69, 9.17) is 5.11 Å². The first-order valence-electron chi connectivity index (χ1n) is 6.54. The van der Waals surface area contributed by atoms with Crippen molar-refractivity contribution in [3.63, 3.8) is 0 Å². The molecule has 0 fully saturated rings. The maximum absolute atomic E-state index is 11.4. The molecule has 0 spiro atoms. The fourth-order valence-corrected chi connectivity index (χ4v) is 2.81. The highest BCUT2D eigenvalue weighted by molar-refractivity contribution is 7.99. The largest absolute Gasteiger partial charge is 0.481 e. The highest BCUT2D eigenvalue weighted by atomic mass is 32.2. The van der Waals surface area contributed by atoms with E-state index in [9.17, 15) is 9.59 Å². The molecule has 0 aliphatic heterocycles. The number of hydrogen-bond acceptors (Lipinski definition) is 4. The van der Waals surface area contributed by atoms with E-state index in [-0.39, 0.29) is 11.7 Å². The molecule has 0 saturated heterocycles. The normalized spacial score (nSPS) is 10.8. The number of carbonyl (C=O) groups excluding carboxylic acids is 1. The van der Waals surface area contributed by atoms with E-state index in [0.29, 0.717) is 18.1 Å². The van der Waals surface area contributed by atoms with Gasteiger partial charge in [-0.15, -0.1) is 0 Å². The van der Waals surface area contributed by atoms with Crippen molar-refractivity contribution in [1.82, 2.24) is 14.9 Å². The Labute approximate surface area is 126 Å². The molecule has 6 nitrogen and oxygen atoms in total. The fourth-order valence-electron chi connectivity index (χ4n) is 2.06. The minimum atomic E-state index is -0.887. The fraction of sp³-hybridized carbons (Fsp3) is 0.357. The topological polar surface area (TPSA) is 84.2 Å². The van der Waals surface area contributed by atoms with Gasteiger partial charge in [0.15, 0.2) is 5.16 Å². The van der Waals surface area contributed by atoms with Crippen LogP contribution in [-0.2, 0) is 16.1 Å². The molecule has 0 bridgehead atoms. The monoisotopic (exact) mass is 307 g/mol. The number of carbonyl (C=O) groups is 2. The van der Waals surface area contributed by atoms with E-state index >= 15 is 0 Å². The number of thioether (sulfide) groups is 1. The number of amides is 1. The summed E-state index contributed by atoms with van der Waals surface area (Å²) in [4.78, 5) is 26.7. The predicted octanol–water partition coefficient (Wildman–Crippen LogP) is 1.66. The number of fused-ring (bicyclic) bond motifs is 1. The van der Waals surface area contributed by atoms with E-state index < -0.39 is 5.97 Å². The van der Waals surface area contributed by atoms with Crippen molar-refractivity contribution >= 4 is 34.7 Å². The summed E-state index contributed by atoms with van der Waals surface area (Å²) in [5.41, 5.74) is 2.80. The first-order valence-corrected chi connectivity index (χ1v) is 7.52. The van der Waals surface area contributed by atoms with Crippen molar-refractivity contribution in [3.8, 4) is 0 Å². The summed E-state index contributed by atoms with van der Waals surface area (Å²) in [5.74, 6) is -0.997. The molecule has 0 aliphatic rings. The van der Waals surface area contributed by atoms with Gasteiger partial charge in [-0.05, 0) is 18.6 Å². The molecule has 1 aromatic heterocycles. The summed E-state index contributed by atoms with van der Waals surface area (Å²) < 4.78 is 1.91. The molecule has 0 aliphatic carbocycles. The third-order valence-electron chi connectivity index (χ3n) is 3.11. The van der Waals surface area contributed by atoms with Gasteiger partial charge in [0, 0.05) is 20.0 Å². The lowest BCUT2D eigenvalue weighted by atomic mass is 10.2. The molecular weight excluding hydrogens is 290 g/mol. The standard InChI is InChI=1S/C14H17N3O3S/c1-9-4-3-5-10-13(9)16-14(21-8-12(19)20)17(10)7-6-11(18)15-2/h3-5H,6-8H2,1-2H3,(H,15,18)(H,19,20). The molecule has 2 aromatic rings.